The molecule has 1 unspecified atom stereocenters. The number of benzene rings is 2. The highest BCUT2D eigenvalue weighted by molar-refractivity contribution is 6.32. The lowest BCUT2D eigenvalue weighted by atomic mass is 9.97. The highest BCUT2D eigenvalue weighted by atomic mass is 35.5. The Labute approximate surface area is 174 Å². The molecule has 1 fully saturated rings. The number of nitrogens with zero attached hydrogens (tertiary/aromatic N) is 1. The van der Waals surface area contributed by atoms with Crippen molar-refractivity contribution in [3.05, 3.63) is 47.5 Å². The van der Waals surface area contributed by atoms with E-state index in [1.54, 1.807) is 17.0 Å². The fraction of sp³-hybridized carbons (Fsp3) is 0.333. The number of anilines is 2. The summed E-state index contributed by atoms with van der Waals surface area (Å²) >= 11 is 6.12. The van der Waals surface area contributed by atoms with Gasteiger partial charge in [-0.2, -0.15) is 0 Å². The molecule has 0 bridgehead atoms. The minimum absolute atomic E-state index is 0.176. The number of carbonyl (C=O) groups excluding carboxylic acids is 2. The number of nitrogens with one attached hydrogen (secondary N) is 2. The number of likely N-dealkylation sites (tertiary alicyclic amines) is 1. The van der Waals surface area contributed by atoms with Gasteiger partial charge < -0.3 is 25.0 Å². The predicted octanol–water partition coefficient (Wildman–Crippen LogP) is 4.24. The maximum absolute atomic E-state index is 12.8. The molecule has 2 aromatic rings. The molecule has 0 saturated carbocycles. The van der Waals surface area contributed by atoms with E-state index < -0.39 is 0 Å². The van der Waals surface area contributed by atoms with Gasteiger partial charge in [-0.25, -0.2) is 4.79 Å². The summed E-state index contributed by atoms with van der Waals surface area (Å²) in [6.45, 7) is 0.956. The third kappa shape index (κ3) is 5.12. The van der Waals surface area contributed by atoms with E-state index in [0.29, 0.717) is 41.7 Å². The molecule has 2 N–H and O–H groups in total. The van der Waals surface area contributed by atoms with Gasteiger partial charge in [0.15, 0.2) is 0 Å². The summed E-state index contributed by atoms with van der Waals surface area (Å²) in [4.78, 5) is 27.1. The molecule has 1 aliphatic heterocycles. The first kappa shape index (κ1) is 20.8. The van der Waals surface area contributed by atoms with Crippen molar-refractivity contribution >= 4 is 34.9 Å². The zero-order valence-corrected chi connectivity index (χ0v) is 17.2. The Bertz CT molecular complexity index is 876. The summed E-state index contributed by atoms with van der Waals surface area (Å²) in [6.07, 6.45) is 1.45. The molecule has 0 aromatic heterocycles. The zero-order valence-electron chi connectivity index (χ0n) is 16.4. The summed E-state index contributed by atoms with van der Waals surface area (Å²) in [5.74, 6) is 0.385. The van der Waals surface area contributed by atoms with Gasteiger partial charge in [0, 0.05) is 30.9 Å². The average Bonchev–Trinajstić information content (AvgIpc) is 2.75. The summed E-state index contributed by atoms with van der Waals surface area (Å²) in [5.41, 5.74) is 1.20. The van der Waals surface area contributed by atoms with E-state index in [9.17, 15) is 9.59 Å². The standard InChI is InChI=1S/C21H24ClN3O4/c1-28-18-12-17(19(29-2)11-16(18)22)24-20(26)14-7-6-10-25(13-14)21(27)23-15-8-4-3-5-9-15/h3-5,8-9,11-12,14H,6-7,10,13H2,1-2H3,(H,23,27)(H,24,26). The second kappa shape index (κ2) is 9.52. The zero-order chi connectivity index (χ0) is 20.8. The third-order valence-corrected chi connectivity index (χ3v) is 5.13. The molecule has 3 rings (SSSR count). The first-order valence-electron chi connectivity index (χ1n) is 9.35. The topological polar surface area (TPSA) is 79.9 Å². The fourth-order valence-corrected chi connectivity index (χ4v) is 3.52. The molecular weight excluding hydrogens is 394 g/mol. The number of para-hydroxylation sites is 1. The van der Waals surface area contributed by atoms with E-state index in [-0.39, 0.29) is 17.9 Å². The number of carbonyl (C=O) groups is 2. The van der Waals surface area contributed by atoms with Crippen LogP contribution in [-0.2, 0) is 4.79 Å². The van der Waals surface area contributed by atoms with Crippen LogP contribution >= 0.6 is 11.6 Å². The van der Waals surface area contributed by atoms with Crippen molar-refractivity contribution in [2.45, 2.75) is 12.8 Å². The van der Waals surface area contributed by atoms with E-state index in [1.165, 1.54) is 14.2 Å². The maximum Gasteiger partial charge on any atom is 0.321 e. The number of hydrogen-bond donors (Lipinski definition) is 2. The number of halogens is 1. The number of amides is 3. The molecule has 0 aliphatic carbocycles. The Morgan fingerprint density at radius 1 is 1.07 bits per heavy atom. The molecule has 1 saturated heterocycles. The highest BCUT2D eigenvalue weighted by Gasteiger charge is 2.29. The van der Waals surface area contributed by atoms with Crippen LogP contribution in [0.25, 0.3) is 0 Å². The van der Waals surface area contributed by atoms with Gasteiger partial charge in [0.25, 0.3) is 0 Å². The normalized spacial score (nSPS) is 16.1. The van der Waals surface area contributed by atoms with Gasteiger partial charge >= 0.3 is 6.03 Å². The molecule has 1 heterocycles. The summed E-state index contributed by atoms with van der Waals surface area (Å²) in [5, 5.41) is 6.14. The van der Waals surface area contributed by atoms with Crippen LogP contribution < -0.4 is 20.1 Å². The monoisotopic (exact) mass is 417 g/mol. The second-order valence-electron chi connectivity index (χ2n) is 6.76. The number of urea groups is 1. The molecule has 3 amide bonds. The molecule has 154 valence electrons. The lowest BCUT2D eigenvalue weighted by molar-refractivity contribution is -0.121. The average molecular weight is 418 g/mol. The van der Waals surface area contributed by atoms with Crippen molar-refractivity contribution in [1.82, 2.24) is 4.90 Å². The van der Waals surface area contributed by atoms with E-state index in [1.807, 2.05) is 30.3 Å². The van der Waals surface area contributed by atoms with Gasteiger partial charge in [0.05, 0.1) is 30.8 Å². The molecule has 1 aliphatic rings. The van der Waals surface area contributed by atoms with Gasteiger partial charge in [-0.15, -0.1) is 0 Å². The van der Waals surface area contributed by atoms with Crippen molar-refractivity contribution in [3.8, 4) is 11.5 Å². The summed E-state index contributed by atoms with van der Waals surface area (Å²) < 4.78 is 10.5. The lowest BCUT2D eigenvalue weighted by Crippen LogP contribution is -2.45. The van der Waals surface area contributed by atoms with Crippen molar-refractivity contribution < 1.29 is 19.1 Å². The largest absolute Gasteiger partial charge is 0.495 e. The molecular formula is C21H24ClN3O4. The number of hydrogen-bond acceptors (Lipinski definition) is 4. The van der Waals surface area contributed by atoms with Crippen LogP contribution in [0.4, 0.5) is 16.2 Å². The minimum Gasteiger partial charge on any atom is -0.495 e. The first-order chi connectivity index (χ1) is 14.0. The van der Waals surface area contributed by atoms with Crippen molar-refractivity contribution in [2.75, 3.05) is 37.9 Å². The van der Waals surface area contributed by atoms with Crippen molar-refractivity contribution in [1.29, 1.82) is 0 Å². The van der Waals surface area contributed by atoms with E-state index in [2.05, 4.69) is 10.6 Å². The van der Waals surface area contributed by atoms with E-state index in [4.69, 9.17) is 21.1 Å². The molecule has 0 radical (unpaired) electrons. The van der Waals surface area contributed by atoms with Crippen LogP contribution in [0, 0.1) is 5.92 Å². The quantitative estimate of drug-likeness (QED) is 0.762. The number of ether oxygens (including phenoxy) is 2. The van der Waals surface area contributed by atoms with Gasteiger partial charge in [-0.1, -0.05) is 29.8 Å². The Kier molecular flexibility index (Phi) is 6.82. The van der Waals surface area contributed by atoms with Crippen LogP contribution in [0.1, 0.15) is 12.8 Å². The van der Waals surface area contributed by atoms with Gasteiger partial charge in [-0.3, -0.25) is 4.79 Å². The van der Waals surface area contributed by atoms with Crippen molar-refractivity contribution in [3.63, 3.8) is 0 Å². The van der Waals surface area contributed by atoms with Crippen molar-refractivity contribution in [2.24, 2.45) is 5.92 Å². The van der Waals surface area contributed by atoms with Crippen LogP contribution in [-0.4, -0.2) is 44.1 Å². The van der Waals surface area contributed by atoms with E-state index >= 15 is 0 Å². The molecule has 2 aromatic carbocycles. The smallest absolute Gasteiger partial charge is 0.321 e. The van der Waals surface area contributed by atoms with E-state index in [0.717, 1.165) is 12.1 Å². The SMILES string of the molecule is COc1cc(NC(=O)C2CCCN(C(=O)Nc3ccccc3)C2)c(OC)cc1Cl. The van der Waals surface area contributed by atoms with Gasteiger partial charge in [0.2, 0.25) is 5.91 Å². The van der Waals surface area contributed by atoms with Crippen LogP contribution in [0.3, 0.4) is 0 Å². The van der Waals surface area contributed by atoms with Crippen LogP contribution in [0.2, 0.25) is 5.02 Å². The molecule has 0 spiro atoms. The third-order valence-electron chi connectivity index (χ3n) is 4.84. The Balaban J connectivity index is 1.66. The molecule has 1 atom stereocenters. The second-order valence-corrected chi connectivity index (χ2v) is 7.16. The molecule has 7 nitrogen and oxygen atoms in total. The highest BCUT2D eigenvalue weighted by Crippen LogP contribution is 2.36. The lowest BCUT2D eigenvalue weighted by Gasteiger charge is -2.32. The van der Waals surface area contributed by atoms with Crippen LogP contribution in [0.15, 0.2) is 42.5 Å². The number of methoxy groups -OCH3 is 2. The number of rotatable bonds is 5. The van der Waals surface area contributed by atoms with Gasteiger partial charge in [-0.05, 0) is 25.0 Å². The first-order valence-corrected chi connectivity index (χ1v) is 9.73. The fourth-order valence-electron chi connectivity index (χ4n) is 3.29. The summed E-state index contributed by atoms with van der Waals surface area (Å²) in [6, 6.07) is 12.3. The predicted molar refractivity (Wildman–Crippen MR) is 113 cm³/mol. The molecule has 8 heteroatoms. The Morgan fingerprint density at radius 3 is 2.48 bits per heavy atom. The molecule has 29 heavy (non-hydrogen) atoms. The number of piperidine rings is 1. The summed E-state index contributed by atoms with van der Waals surface area (Å²) in [7, 11) is 3.01. The minimum atomic E-state index is -0.323. The van der Waals surface area contributed by atoms with Gasteiger partial charge in [0.1, 0.15) is 11.5 Å². The Hall–Kier alpha value is -2.93. The maximum atomic E-state index is 12.8. The Morgan fingerprint density at radius 2 is 1.79 bits per heavy atom. The van der Waals surface area contributed by atoms with Crippen LogP contribution in [0.5, 0.6) is 11.5 Å².